The van der Waals surface area contributed by atoms with Gasteiger partial charge in [-0.05, 0) is 30.3 Å². The normalized spacial score (nSPS) is 18.7. The van der Waals surface area contributed by atoms with Gasteiger partial charge >= 0.3 is 0 Å². The molecule has 2 heterocycles. The summed E-state index contributed by atoms with van der Waals surface area (Å²) in [5.41, 5.74) is 2.41. The van der Waals surface area contributed by atoms with Crippen LogP contribution in [0.15, 0.2) is 34.8 Å². The average Bonchev–Trinajstić information content (AvgIpc) is 2.50. The summed E-state index contributed by atoms with van der Waals surface area (Å²) in [6.07, 6.45) is 0. The Balaban J connectivity index is 1.98. The smallest absolute Gasteiger partial charge is 0.141 e. The summed E-state index contributed by atoms with van der Waals surface area (Å²) >= 11 is 9.34. The summed E-state index contributed by atoms with van der Waals surface area (Å²) in [5.74, 6) is -0.432. The van der Waals surface area contributed by atoms with Gasteiger partial charge in [0, 0.05) is 16.6 Å². The van der Waals surface area contributed by atoms with Crippen LogP contribution in [-0.4, -0.2) is 24.7 Å². The van der Waals surface area contributed by atoms with Crippen molar-refractivity contribution in [1.82, 2.24) is 10.3 Å². The van der Waals surface area contributed by atoms with Gasteiger partial charge in [-0.3, -0.25) is 4.98 Å². The summed E-state index contributed by atoms with van der Waals surface area (Å²) in [5, 5.41) is 3.46. The predicted molar refractivity (Wildman–Crippen MR) is 83.9 cm³/mol. The van der Waals surface area contributed by atoms with Crippen LogP contribution in [0.3, 0.4) is 0 Å². The number of nitrogens with zero attached hydrogens (tertiary/aromatic N) is 1. The number of aromatic nitrogens is 1. The van der Waals surface area contributed by atoms with Crippen molar-refractivity contribution in [2.45, 2.75) is 6.04 Å². The maximum absolute atomic E-state index is 13.3. The van der Waals surface area contributed by atoms with E-state index < -0.39 is 5.82 Å². The Bertz CT molecular complexity index is 662. The first-order chi connectivity index (χ1) is 10.1. The molecule has 3 rings (SSSR count). The van der Waals surface area contributed by atoms with E-state index in [0.29, 0.717) is 13.2 Å². The van der Waals surface area contributed by atoms with Gasteiger partial charge in [0.05, 0.1) is 35.7 Å². The van der Waals surface area contributed by atoms with Crippen LogP contribution in [0.1, 0.15) is 11.7 Å². The zero-order valence-electron chi connectivity index (χ0n) is 11.1. The molecule has 110 valence electrons. The number of rotatable bonds is 2. The van der Waals surface area contributed by atoms with Crippen LogP contribution in [0.2, 0.25) is 5.02 Å². The molecule has 3 nitrogen and oxygen atoms in total. The lowest BCUT2D eigenvalue weighted by molar-refractivity contribution is 0.0756. The molecule has 1 N–H and O–H groups in total. The fourth-order valence-electron chi connectivity index (χ4n) is 2.25. The number of ether oxygens (including phenoxy) is 1. The van der Waals surface area contributed by atoms with E-state index in [1.165, 1.54) is 6.07 Å². The van der Waals surface area contributed by atoms with Crippen molar-refractivity contribution >= 4 is 27.5 Å². The van der Waals surface area contributed by atoms with Gasteiger partial charge in [0.15, 0.2) is 0 Å². The van der Waals surface area contributed by atoms with Gasteiger partial charge < -0.3 is 10.1 Å². The first-order valence-electron chi connectivity index (χ1n) is 6.57. The SMILES string of the molecule is Fc1ccc(-c2cc(Br)cc(C3COCCN3)n2)cc1Cl. The Kier molecular flexibility index (Phi) is 4.54. The van der Waals surface area contributed by atoms with Crippen LogP contribution in [0.5, 0.6) is 0 Å². The minimum absolute atomic E-state index is 0.0610. The monoisotopic (exact) mass is 370 g/mol. The molecule has 0 spiro atoms. The lowest BCUT2D eigenvalue weighted by atomic mass is 10.1. The molecule has 0 bridgehead atoms. The third kappa shape index (κ3) is 3.43. The van der Waals surface area contributed by atoms with E-state index in [-0.39, 0.29) is 11.1 Å². The molecular weight excluding hydrogens is 359 g/mol. The van der Waals surface area contributed by atoms with Gasteiger partial charge in [-0.15, -0.1) is 0 Å². The van der Waals surface area contributed by atoms with E-state index in [1.807, 2.05) is 12.1 Å². The highest BCUT2D eigenvalue weighted by molar-refractivity contribution is 9.10. The highest BCUT2D eigenvalue weighted by Crippen LogP contribution is 2.28. The largest absolute Gasteiger partial charge is 0.378 e. The molecule has 1 aliphatic heterocycles. The number of pyridine rings is 1. The molecule has 0 saturated carbocycles. The summed E-state index contributed by atoms with van der Waals surface area (Å²) in [6, 6.07) is 8.51. The Morgan fingerprint density at radius 3 is 2.90 bits per heavy atom. The average molecular weight is 372 g/mol. The third-order valence-corrected chi connectivity index (χ3v) is 4.05. The zero-order chi connectivity index (χ0) is 14.8. The number of nitrogens with one attached hydrogen (secondary N) is 1. The molecule has 0 amide bonds. The van der Waals surface area contributed by atoms with E-state index in [1.54, 1.807) is 12.1 Å². The van der Waals surface area contributed by atoms with Crippen molar-refractivity contribution in [3.8, 4) is 11.3 Å². The molecule has 1 aromatic heterocycles. The van der Waals surface area contributed by atoms with Gasteiger partial charge in [0.25, 0.3) is 0 Å². The molecule has 1 aliphatic rings. The standard InChI is InChI=1S/C15H13BrClFN2O/c16-10-6-13(9-1-2-12(18)11(17)5-9)20-14(7-10)15-8-21-4-3-19-15/h1-2,5-7,15,19H,3-4,8H2. The Morgan fingerprint density at radius 2 is 2.19 bits per heavy atom. The molecule has 6 heteroatoms. The Hall–Kier alpha value is -1.01. The first kappa shape index (κ1) is 14.9. The minimum atomic E-state index is -0.432. The number of hydrogen-bond acceptors (Lipinski definition) is 3. The molecule has 2 aromatic rings. The molecule has 1 saturated heterocycles. The fourth-order valence-corrected chi connectivity index (χ4v) is 2.89. The number of hydrogen-bond donors (Lipinski definition) is 1. The van der Waals surface area contributed by atoms with Crippen LogP contribution in [0, 0.1) is 5.82 Å². The molecule has 0 aliphatic carbocycles. The topological polar surface area (TPSA) is 34.1 Å². The third-order valence-electron chi connectivity index (χ3n) is 3.30. The number of halogens is 3. The van der Waals surface area contributed by atoms with Gasteiger partial charge in [-0.1, -0.05) is 27.5 Å². The Morgan fingerprint density at radius 1 is 1.33 bits per heavy atom. The van der Waals surface area contributed by atoms with Gasteiger partial charge in [0.1, 0.15) is 5.82 Å². The van der Waals surface area contributed by atoms with Gasteiger partial charge in [-0.25, -0.2) is 4.39 Å². The number of benzene rings is 1. The maximum Gasteiger partial charge on any atom is 0.141 e. The lowest BCUT2D eigenvalue weighted by Gasteiger charge is -2.24. The second-order valence-corrected chi connectivity index (χ2v) is 6.13. The quantitative estimate of drug-likeness (QED) is 0.867. The summed E-state index contributed by atoms with van der Waals surface area (Å²) < 4.78 is 19.7. The summed E-state index contributed by atoms with van der Waals surface area (Å²) in [7, 11) is 0. The maximum atomic E-state index is 13.3. The molecule has 1 atom stereocenters. The molecule has 1 fully saturated rings. The van der Waals surface area contributed by atoms with Crippen LogP contribution >= 0.6 is 27.5 Å². The van der Waals surface area contributed by atoms with E-state index in [2.05, 4.69) is 26.2 Å². The van der Waals surface area contributed by atoms with E-state index in [0.717, 1.165) is 28.0 Å². The molecule has 0 radical (unpaired) electrons. The number of morpholine rings is 1. The van der Waals surface area contributed by atoms with Crippen LogP contribution < -0.4 is 5.32 Å². The molecule has 1 aromatic carbocycles. The predicted octanol–water partition coefficient (Wildman–Crippen LogP) is 3.96. The van der Waals surface area contributed by atoms with Crippen molar-refractivity contribution in [1.29, 1.82) is 0 Å². The van der Waals surface area contributed by atoms with Gasteiger partial charge in [0.2, 0.25) is 0 Å². The van der Waals surface area contributed by atoms with Gasteiger partial charge in [-0.2, -0.15) is 0 Å². The lowest BCUT2D eigenvalue weighted by Crippen LogP contribution is -2.35. The zero-order valence-corrected chi connectivity index (χ0v) is 13.4. The second kappa shape index (κ2) is 6.40. The van der Waals surface area contributed by atoms with Crippen molar-refractivity contribution in [2.24, 2.45) is 0 Å². The van der Waals surface area contributed by atoms with E-state index in [4.69, 9.17) is 16.3 Å². The van der Waals surface area contributed by atoms with E-state index in [9.17, 15) is 4.39 Å². The van der Waals surface area contributed by atoms with Crippen molar-refractivity contribution in [3.63, 3.8) is 0 Å². The van der Waals surface area contributed by atoms with Crippen LogP contribution in [0.25, 0.3) is 11.3 Å². The van der Waals surface area contributed by atoms with Crippen molar-refractivity contribution in [3.05, 3.63) is 51.3 Å². The Labute approximate surface area is 135 Å². The molecule has 1 unspecified atom stereocenters. The molecular formula is C15H13BrClFN2O. The summed E-state index contributed by atoms with van der Waals surface area (Å²) in [6.45, 7) is 2.11. The van der Waals surface area contributed by atoms with Crippen molar-refractivity contribution < 1.29 is 9.13 Å². The van der Waals surface area contributed by atoms with E-state index >= 15 is 0 Å². The van der Waals surface area contributed by atoms with Crippen LogP contribution in [-0.2, 0) is 4.74 Å². The molecule has 21 heavy (non-hydrogen) atoms. The highest BCUT2D eigenvalue weighted by atomic mass is 79.9. The van der Waals surface area contributed by atoms with Crippen LogP contribution in [0.4, 0.5) is 4.39 Å². The summed E-state index contributed by atoms with van der Waals surface area (Å²) in [4.78, 5) is 4.64. The minimum Gasteiger partial charge on any atom is -0.378 e. The fraction of sp³-hybridized carbons (Fsp3) is 0.267. The van der Waals surface area contributed by atoms with Crippen molar-refractivity contribution in [2.75, 3.05) is 19.8 Å². The first-order valence-corrected chi connectivity index (χ1v) is 7.74. The highest BCUT2D eigenvalue weighted by Gasteiger charge is 2.18. The second-order valence-electron chi connectivity index (χ2n) is 4.81.